The number of H-pyrrole nitrogens is 1. The molecular formula is C18H15N3OS2. The Labute approximate surface area is 149 Å². The van der Waals surface area contributed by atoms with Crippen LogP contribution in [0, 0.1) is 4.64 Å². The molecule has 0 atom stereocenters. The van der Waals surface area contributed by atoms with E-state index in [1.54, 1.807) is 36.3 Å². The molecule has 0 saturated carbocycles. The summed E-state index contributed by atoms with van der Waals surface area (Å²) in [5.41, 5.74) is 2.38. The minimum absolute atomic E-state index is 0.215. The zero-order valence-corrected chi connectivity index (χ0v) is 14.4. The molecule has 120 valence electrons. The third-order valence-corrected chi connectivity index (χ3v) is 4.72. The summed E-state index contributed by atoms with van der Waals surface area (Å²) >= 11 is 6.85. The largest absolute Gasteiger partial charge is 0.352 e. The molecule has 3 aromatic rings. The molecule has 2 aromatic heterocycles. The molecule has 2 heterocycles. The second kappa shape index (κ2) is 7.90. The standard InChI is InChI=1S/C18H15N3OS2/c22-17(16-4-2-10-20-18(16)23)21-14-5-7-15(8-6-14)24-12-13-3-1-9-19-11-13/h1-11H,12H2,(H,20,23)(H,21,22). The van der Waals surface area contributed by atoms with Crippen molar-refractivity contribution < 1.29 is 4.79 Å². The lowest BCUT2D eigenvalue weighted by atomic mass is 10.2. The van der Waals surface area contributed by atoms with E-state index in [0.717, 1.165) is 16.3 Å². The van der Waals surface area contributed by atoms with E-state index in [-0.39, 0.29) is 5.91 Å². The number of benzene rings is 1. The Morgan fingerprint density at radius 2 is 2.00 bits per heavy atom. The van der Waals surface area contributed by atoms with Crippen LogP contribution in [0.1, 0.15) is 15.9 Å². The predicted octanol–water partition coefficient (Wildman–Crippen LogP) is 4.68. The summed E-state index contributed by atoms with van der Waals surface area (Å²) in [6.45, 7) is 0. The van der Waals surface area contributed by atoms with Gasteiger partial charge in [0.2, 0.25) is 0 Å². The van der Waals surface area contributed by atoms with Crippen LogP contribution in [-0.4, -0.2) is 15.9 Å². The summed E-state index contributed by atoms with van der Waals surface area (Å²) in [7, 11) is 0. The van der Waals surface area contributed by atoms with Gasteiger partial charge in [-0.15, -0.1) is 11.8 Å². The quantitative estimate of drug-likeness (QED) is 0.516. The lowest BCUT2D eigenvalue weighted by molar-refractivity contribution is 0.102. The number of hydrogen-bond donors (Lipinski definition) is 2. The van der Waals surface area contributed by atoms with Crippen molar-refractivity contribution in [1.82, 2.24) is 9.97 Å². The molecule has 0 aliphatic carbocycles. The molecule has 3 rings (SSSR count). The third-order valence-electron chi connectivity index (χ3n) is 3.30. The molecule has 0 saturated heterocycles. The van der Waals surface area contributed by atoms with Gasteiger partial charge in [0, 0.05) is 34.9 Å². The molecule has 0 radical (unpaired) electrons. The maximum Gasteiger partial charge on any atom is 0.258 e. The number of carbonyl (C=O) groups is 1. The number of aromatic amines is 1. The molecule has 0 unspecified atom stereocenters. The molecule has 1 aromatic carbocycles. The van der Waals surface area contributed by atoms with Crippen LogP contribution >= 0.6 is 24.0 Å². The van der Waals surface area contributed by atoms with E-state index >= 15 is 0 Å². The maximum atomic E-state index is 12.2. The van der Waals surface area contributed by atoms with Crippen molar-refractivity contribution in [1.29, 1.82) is 0 Å². The number of rotatable bonds is 5. The van der Waals surface area contributed by atoms with Crippen molar-refractivity contribution in [2.24, 2.45) is 0 Å². The van der Waals surface area contributed by atoms with Crippen molar-refractivity contribution in [3.05, 3.63) is 82.9 Å². The minimum Gasteiger partial charge on any atom is -0.352 e. The zero-order chi connectivity index (χ0) is 16.8. The fraction of sp³-hybridized carbons (Fsp3) is 0.0556. The van der Waals surface area contributed by atoms with Gasteiger partial charge in [-0.25, -0.2) is 0 Å². The number of hydrogen-bond acceptors (Lipinski definition) is 4. The lowest BCUT2D eigenvalue weighted by Crippen LogP contribution is -2.12. The van der Waals surface area contributed by atoms with Crippen LogP contribution in [-0.2, 0) is 5.75 Å². The summed E-state index contributed by atoms with van der Waals surface area (Å²) in [5, 5.41) is 2.86. The van der Waals surface area contributed by atoms with Gasteiger partial charge in [0.05, 0.1) is 5.56 Å². The van der Waals surface area contributed by atoms with Gasteiger partial charge >= 0.3 is 0 Å². The smallest absolute Gasteiger partial charge is 0.258 e. The monoisotopic (exact) mass is 353 g/mol. The summed E-state index contributed by atoms with van der Waals surface area (Å²) < 4.78 is 0.429. The van der Waals surface area contributed by atoms with E-state index in [1.807, 2.05) is 36.5 Å². The van der Waals surface area contributed by atoms with Crippen molar-refractivity contribution in [2.75, 3.05) is 5.32 Å². The number of carbonyl (C=O) groups excluding carboxylic acids is 1. The topological polar surface area (TPSA) is 57.8 Å². The average molecular weight is 353 g/mol. The Bertz CT molecular complexity index is 877. The van der Waals surface area contributed by atoms with E-state index < -0.39 is 0 Å². The minimum atomic E-state index is -0.215. The van der Waals surface area contributed by atoms with Crippen LogP contribution in [0.4, 0.5) is 5.69 Å². The van der Waals surface area contributed by atoms with Gasteiger partial charge in [0.25, 0.3) is 5.91 Å². The van der Waals surface area contributed by atoms with Crippen LogP contribution in [0.15, 0.2) is 72.0 Å². The van der Waals surface area contributed by atoms with Gasteiger partial charge in [-0.1, -0.05) is 18.3 Å². The van der Waals surface area contributed by atoms with Crippen molar-refractivity contribution in [3.8, 4) is 0 Å². The van der Waals surface area contributed by atoms with E-state index in [9.17, 15) is 4.79 Å². The maximum absolute atomic E-state index is 12.2. The first kappa shape index (κ1) is 16.4. The highest BCUT2D eigenvalue weighted by Crippen LogP contribution is 2.24. The Morgan fingerprint density at radius 1 is 1.17 bits per heavy atom. The highest BCUT2D eigenvalue weighted by Gasteiger charge is 2.07. The Hall–Kier alpha value is -2.44. The van der Waals surface area contributed by atoms with E-state index in [0.29, 0.717) is 10.2 Å². The van der Waals surface area contributed by atoms with Crippen molar-refractivity contribution in [3.63, 3.8) is 0 Å². The predicted molar refractivity (Wildman–Crippen MR) is 99.8 cm³/mol. The van der Waals surface area contributed by atoms with E-state index in [1.165, 1.54) is 5.56 Å². The molecule has 4 nitrogen and oxygen atoms in total. The third kappa shape index (κ3) is 4.31. The average Bonchev–Trinajstić information content (AvgIpc) is 2.62. The number of thioether (sulfide) groups is 1. The molecule has 1 amide bonds. The highest BCUT2D eigenvalue weighted by molar-refractivity contribution is 7.98. The Balaban J connectivity index is 1.61. The van der Waals surface area contributed by atoms with Gasteiger partial charge in [-0.05, 0) is 48.0 Å². The molecule has 0 aliphatic rings. The lowest BCUT2D eigenvalue weighted by Gasteiger charge is -2.07. The van der Waals surface area contributed by atoms with Crippen molar-refractivity contribution in [2.45, 2.75) is 10.6 Å². The summed E-state index contributed by atoms with van der Waals surface area (Å²) in [6, 6.07) is 15.2. The second-order valence-corrected chi connectivity index (χ2v) is 6.50. The van der Waals surface area contributed by atoms with Gasteiger partial charge in [-0.2, -0.15) is 0 Å². The number of pyridine rings is 2. The van der Waals surface area contributed by atoms with E-state index in [4.69, 9.17) is 12.2 Å². The molecule has 0 bridgehead atoms. The normalized spacial score (nSPS) is 10.3. The fourth-order valence-electron chi connectivity index (χ4n) is 2.08. The highest BCUT2D eigenvalue weighted by atomic mass is 32.2. The van der Waals surface area contributed by atoms with Gasteiger partial charge in [0.1, 0.15) is 4.64 Å². The Kier molecular flexibility index (Phi) is 5.40. The van der Waals surface area contributed by atoms with Crippen LogP contribution in [0.25, 0.3) is 0 Å². The van der Waals surface area contributed by atoms with E-state index in [2.05, 4.69) is 21.4 Å². The van der Waals surface area contributed by atoms with Crippen LogP contribution in [0.2, 0.25) is 0 Å². The molecule has 0 fully saturated rings. The summed E-state index contributed by atoms with van der Waals surface area (Å²) in [4.78, 5) is 20.3. The molecule has 0 spiro atoms. The Morgan fingerprint density at radius 3 is 2.71 bits per heavy atom. The first-order valence-electron chi connectivity index (χ1n) is 7.33. The molecule has 0 aliphatic heterocycles. The van der Waals surface area contributed by atoms with Gasteiger partial charge in [0.15, 0.2) is 0 Å². The SMILES string of the molecule is O=C(Nc1ccc(SCc2cccnc2)cc1)c1ccc[nH]c1=S. The molecule has 24 heavy (non-hydrogen) atoms. The molecule has 2 N–H and O–H groups in total. The first-order chi connectivity index (χ1) is 11.7. The number of anilines is 1. The summed E-state index contributed by atoms with van der Waals surface area (Å²) in [5.74, 6) is 0.645. The molecule has 6 heteroatoms. The summed E-state index contributed by atoms with van der Waals surface area (Å²) in [6.07, 6.45) is 5.34. The van der Waals surface area contributed by atoms with Gasteiger partial charge < -0.3 is 10.3 Å². The van der Waals surface area contributed by atoms with Crippen LogP contribution in [0.3, 0.4) is 0 Å². The fourth-order valence-corrected chi connectivity index (χ4v) is 3.14. The molecular weight excluding hydrogens is 338 g/mol. The van der Waals surface area contributed by atoms with Crippen LogP contribution < -0.4 is 5.32 Å². The number of nitrogens with zero attached hydrogens (tertiary/aromatic N) is 1. The zero-order valence-electron chi connectivity index (χ0n) is 12.7. The number of amides is 1. The first-order valence-corrected chi connectivity index (χ1v) is 8.72. The van der Waals surface area contributed by atoms with Crippen LogP contribution in [0.5, 0.6) is 0 Å². The number of nitrogens with one attached hydrogen (secondary N) is 2. The van der Waals surface area contributed by atoms with Crippen molar-refractivity contribution >= 4 is 35.6 Å². The van der Waals surface area contributed by atoms with Gasteiger partial charge in [-0.3, -0.25) is 9.78 Å². The number of aromatic nitrogens is 2. The second-order valence-electron chi connectivity index (χ2n) is 5.04.